The van der Waals surface area contributed by atoms with E-state index in [0.717, 1.165) is 28.3 Å². The number of benzene rings is 3. The molecule has 0 aliphatic carbocycles. The lowest BCUT2D eigenvalue weighted by molar-refractivity contribution is -0.139. The number of sulfone groups is 1. The summed E-state index contributed by atoms with van der Waals surface area (Å²) in [7, 11) is -3.00. The zero-order chi connectivity index (χ0) is 25.4. The summed E-state index contributed by atoms with van der Waals surface area (Å²) in [5.74, 6) is -0.978. The van der Waals surface area contributed by atoms with Crippen molar-refractivity contribution in [3.63, 3.8) is 0 Å². The van der Waals surface area contributed by atoms with E-state index in [2.05, 4.69) is 0 Å². The number of halogens is 1. The minimum absolute atomic E-state index is 0.0915. The van der Waals surface area contributed by atoms with Gasteiger partial charge in [-0.3, -0.25) is 0 Å². The maximum Gasteiger partial charge on any atom is 0.341 e. The smallest absolute Gasteiger partial charge is 0.341 e. The number of rotatable bonds is 12. The predicted octanol–water partition coefficient (Wildman–Crippen LogP) is 4.66. The Kier molecular flexibility index (Phi) is 8.70. The Bertz CT molecular complexity index is 1290. The van der Waals surface area contributed by atoms with Crippen LogP contribution in [-0.2, 0) is 21.2 Å². The van der Waals surface area contributed by atoms with Gasteiger partial charge in [-0.1, -0.05) is 24.3 Å². The van der Waals surface area contributed by atoms with Crippen molar-refractivity contribution in [1.82, 2.24) is 0 Å². The first kappa shape index (κ1) is 26.0. The fourth-order valence-electron chi connectivity index (χ4n) is 3.38. The van der Waals surface area contributed by atoms with Crippen LogP contribution < -0.4 is 14.2 Å². The quantitative estimate of drug-likeness (QED) is 0.360. The van der Waals surface area contributed by atoms with Crippen LogP contribution in [0, 0.1) is 12.7 Å². The zero-order valence-corrected chi connectivity index (χ0v) is 20.3. The van der Waals surface area contributed by atoms with Gasteiger partial charge >= 0.3 is 5.97 Å². The third-order valence-corrected chi connectivity index (χ3v) is 6.05. The van der Waals surface area contributed by atoms with E-state index in [0.29, 0.717) is 24.5 Å². The Morgan fingerprint density at radius 3 is 2.40 bits per heavy atom. The normalized spacial score (nSPS) is 11.2. The highest BCUT2D eigenvalue weighted by molar-refractivity contribution is 7.90. The van der Waals surface area contributed by atoms with Gasteiger partial charge in [0, 0.05) is 12.3 Å². The van der Waals surface area contributed by atoms with E-state index in [1.165, 1.54) is 18.4 Å². The van der Waals surface area contributed by atoms with Gasteiger partial charge in [0.15, 0.2) is 18.2 Å². The van der Waals surface area contributed by atoms with Crippen molar-refractivity contribution in [1.29, 1.82) is 0 Å². The van der Waals surface area contributed by atoms with Crippen molar-refractivity contribution in [3.8, 4) is 28.4 Å². The summed E-state index contributed by atoms with van der Waals surface area (Å²) in [6, 6.07) is 17.5. The molecule has 186 valence electrons. The number of carboxylic acid groups (broad SMARTS) is 1. The summed E-state index contributed by atoms with van der Waals surface area (Å²) in [6.45, 7) is 1.88. The molecule has 9 heteroatoms. The molecule has 3 aromatic rings. The maximum absolute atomic E-state index is 14.1. The Balaban J connectivity index is 1.61. The average molecular weight is 503 g/mol. The second-order valence-electron chi connectivity index (χ2n) is 8.07. The van der Waals surface area contributed by atoms with Crippen LogP contribution in [0.15, 0.2) is 60.7 Å². The number of aryl methyl sites for hydroxylation is 1. The minimum atomic E-state index is -3.00. The molecule has 0 spiro atoms. The molecule has 0 radical (unpaired) electrons. The van der Waals surface area contributed by atoms with Crippen LogP contribution >= 0.6 is 0 Å². The number of hydrogen-bond acceptors (Lipinski definition) is 6. The molecule has 3 rings (SSSR count). The van der Waals surface area contributed by atoms with Gasteiger partial charge < -0.3 is 19.3 Å². The third kappa shape index (κ3) is 8.29. The lowest BCUT2D eigenvalue weighted by Crippen LogP contribution is -2.10. The molecule has 0 heterocycles. The van der Waals surface area contributed by atoms with E-state index in [9.17, 15) is 17.6 Å². The molecule has 0 aliphatic rings. The first-order valence-corrected chi connectivity index (χ1v) is 12.9. The molecule has 1 N–H and O–H groups in total. The van der Waals surface area contributed by atoms with Crippen molar-refractivity contribution in [2.24, 2.45) is 0 Å². The monoisotopic (exact) mass is 502 g/mol. The van der Waals surface area contributed by atoms with Gasteiger partial charge in [0.2, 0.25) is 0 Å². The van der Waals surface area contributed by atoms with E-state index in [1.54, 1.807) is 0 Å². The first-order valence-electron chi connectivity index (χ1n) is 10.9. The predicted molar refractivity (Wildman–Crippen MR) is 130 cm³/mol. The van der Waals surface area contributed by atoms with Crippen LogP contribution in [0.1, 0.15) is 17.5 Å². The van der Waals surface area contributed by atoms with Crippen molar-refractivity contribution in [2.45, 2.75) is 20.0 Å². The Hall–Kier alpha value is -3.59. The molecular weight excluding hydrogens is 475 g/mol. The standard InChI is InChI=1S/C26H27FO7S/c1-18-13-21(32-11-4-12-35(2,30)31)7-9-23(18)20-6-3-5-19(14-20)16-33-22-8-10-25(24(27)15-22)34-17-26(28)29/h3,5-10,13-15H,4,11-12,16-17H2,1-2H3,(H,28,29). The van der Waals surface area contributed by atoms with E-state index >= 15 is 0 Å². The van der Waals surface area contributed by atoms with Gasteiger partial charge in [-0.05, 0) is 65.9 Å². The molecule has 0 bridgehead atoms. The molecule has 0 saturated heterocycles. The van der Waals surface area contributed by atoms with E-state index in [1.807, 2.05) is 49.4 Å². The van der Waals surface area contributed by atoms with Gasteiger partial charge in [-0.2, -0.15) is 0 Å². The van der Waals surface area contributed by atoms with Crippen LogP contribution in [0.5, 0.6) is 17.2 Å². The van der Waals surface area contributed by atoms with Crippen molar-refractivity contribution in [3.05, 3.63) is 77.6 Å². The van der Waals surface area contributed by atoms with Crippen LogP contribution in [0.2, 0.25) is 0 Å². The van der Waals surface area contributed by atoms with Crippen LogP contribution in [0.3, 0.4) is 0 Å². The van der Waals surface area contributed by atoms with E-state index < -0.39 is 28.2 Å². The summed E-state index contributed by atoms with van der Waals surface area (Å²) in [5.41, 5.74) is 3.88. The second-order valence-corrected chi connectivity index (χ2v) is 10.3. The van der Waals surface area contributed by atoms with Gasteiger partial charge in [0.05, 0.1) is 12.4 Å². The highest BCUT2D eigenvalue weighted by Crippen LogP contribution is 2.28. The number of hydrogen-bond donors (Lipinski definition) is 1. The largest absolute Gasteiger partial charge is 0.494 e. The Morgan fingerprint density at radius 2 is 1.71 bits per heavy atom. The van der Waals surface area contributed by atoms with Crippen molar-refractivity contribution >= 4 is 15.8 Å². The second kappa shape index (κ2) is 11.7. The van der Waals surface area contributed by atoms with Crippen LogP contribution in [-0.4, -0.2) is 44.7 Å². The fourth-order valence-corrected chi connectivity index (χ4v) is 4.03. The van der Waals surface area contributed by atoms with Gasteiger partial charge in [-0.25, -0.2) is 17.6 Å². The van der Waals surface area contributed by atoms with Crippen LogP contribution in [0.25, 0.3) is 11.1 Å². The molecule has 3 aromatic carbocycles. The number of ether oxygens (including phenoxy) is 3. The lowest BCUT2D eigenvalue weighted by Gasteiger charge is -2.12. The van der Waals surface area contributed by atoms with E-state index in [4.69, 9.17) is 19.3 Å². The fraction of sp³-hybridized carbons (Fsp3) is 0.269. The highest BCUT2D eigenvalue weighted by atomic mass is 32.2. The van der Waals surface area contributed by atoms with Crippen molar-refractivity contribution in [2.75, 3.05) is 25.2 Å². The molecule has 0 aliphatic heterocycles. The maximum atomic E-state index is 14.1. The van der Waals surface area contributed by atoms with Crippen LogP contribution in [0.4, 0.5) is 4.39 Å². The molecule has 0 unspecified atom stereocenters. The summed E-state index contributed by atoms with van der Waals surface area (Å²) in [5, 5.41) is 8.64. The molecule has 0 saturated carbocycles. The topological polar surface area (TPSA) is 99.1 Å². The molecule has 35 heavy (non-hydrogen) atoms. The summed E-state index contributed by atoms with van der Waals surface area (Å²) in [4.78, 5) is 10.6. The zero-order valence-electron chi connectivity index (χ0n) is 19.5. The van der Waals surface area contributed by atoms with Gasteiger partial charge in [-0.15, -0.1) is 0 Å². The van der Waals surface area contributed by atoms with Gasteiger partial charge in [0.25, 0.3) is 0 Å². The molecule has 0 fully saturated rings. The Morgan fingerprint density at radius 1 is 0.971 bits per heavy atom. The lowest BCUT2D eigenvalue weighted by atomic mass is 9.99. The van der Waals surface area contributed by atoms with E-state index in [-0.39, 0.29) is 18.1 Å². The highest BCUT2D eigenvalue weighted by Gasteiger charge is 2.09. The summed E-state index contributed by atoms with van der Waals surface area (Å²) < 4.78 is 52.8. The molecule has 0 atom stereocenters. The summed E-state index contributed by atoms with van der Waals surface area (Å²) >= 11 is 0. The minimum Gasteiger partial charge on any atom is -0.494 e. The average Bonchev–Trinajstić information content (AvgIpc) is 2.79. The molecule has 7 nitrogen and oxygen atoms in total. The first-order chi connectivity index (χ1) is 16.6. The SMILES string of the molecule is Cc1cc(OCCCS(C)(=O)=O)ccc1-c1cccc(COc2ccc(OCC(=O)O)c(F)c2)c1. The van der Waals surface area contributed by atoms with Gasteiger partial charge in [0.1, 0.15) is 27.9 Å². The third-order valence-electron chi connectivity index (χ3n) is 5.02. The number of carboxylic acids is 1. The van der Waals surface area contributed by atoms with Crippen molar-refractivity contribution < 1.29 is 36.9 Å². The molecule has 0 aromatic heterocycles. The molecule has 0 amide bonds. The molecular formula is C26H27FO7S. The number of carbonyl (C=O) groups is 1. The summed E-state index contributed by atoms with van der Waals surface area (Å²) in [6.07, 6.45) is 1.64. The Labute approximate surface area is 204 Å². The number of aliphatic carboxylic acids is 1.